The van der Waals surface area contributed by atoms with Crippen molar-refractivity contribution in [1.82, 2.24) is 4.72 Å². The van der Waals surface area contributed by atoms with Gasteiger partial charge in [-0.25, -0.2) is 21.9 Å². The average Bonchev–Trinajstić information content (AvgIpc) is 2.54. The molecule has 2 aromatic rings. The quantitative estimate of drug-likeness (QED) is 0.709. The number of carbonyl (C=O) groups is 1. The highest BCUT2D eigenvalue weighted by Gasteiger charge is 2.26. The Morgan fingerprint density at radius 3 is 2.40 bits per heavy atom. The van der Waals surface area contributed by atoms with E-state index in [0.29, 0.717) is 11.6 Å². The normalized spacial score (nSPS) is 12.6. The number of hydrogen-bond donors (Lipinski definition) is 1. The molecule has 0 radical (unpaired) electrons. The molecule has 0 saturated carbocycles. The van der Waals surface area contributed by atoms with Crippen LogP contribution in [0.4, 0.5) is 8.78 Å². The lowest BCUT2D eigenvalue weighted by atomic mass is 10.1. The van der Waals surface area contributed by atoms with E-state index >= 15 is 0 Å². The third-order valence-corrected chi connectivity index (χ3v) is 5.39. The first-order valence-corrected chi connectivity index (χ1v) is 9.30. The molecule has 134 valence electrons. The molecule has 0 aliphatic heterocycles. The van der Waals surface area contributed by atoms with Gasteiger partial charge in [-0.3, -0.25) is 4.79 Å². The summed E-state index contributed by atoms with van der Waals surface area (Å²) in [7, 11) is -3.15. The first kappa shape index (κ1) is 19.5. The van der Waals surface area contributed by atoms with Crippen LogP contribution in [0, 0.1) is 11.6 Å². The second-order valence-corrected chi connectivity index (χ2v) is 7.68. The van der Waals surface area contributed by atoms with Crippen LogP contribution in [0.1, 0.15) is 18.0 Å². The standard InChI is InChI=1S/C16H14BrF2NO4S/c1-24-16(21)9-14(10-2-4-11(17)5-3-10)20-25(22,23)15-7-6-12(18)8-13(15)19/h2-8,14,20H,9H2,1H3. The van der Waals surface area contributed by atoms with E-state index in [2.05, 4.69) is 25.4 Å². The van der Waals surface area contributed by atoms with Crippen molar-refractivity contribution in [3.63, 3.8) is 0 Å². The van der Waals surface area contributed by atoms with Gasteiger partial charge in [0.05, 0.1) is 19.6 Å². The lowest BCUT2D eigenvalue weighted by molar-refractivity contribution is -0.141. The monoisotopic (exact) mass is 433 g/mol. The molecule has 0 heterocycles. The van der Waals surface area contributed by atoms with Crippen LogP contribution >= 0.6 is 15.9 Å². The van der Waals surface area contributed by atoms with E-state index in [0.717, 1.165) is 16.6 Å². The summed E-state index contributed by atoms with van der Waals surface area (Å²) in [6, 6.07) is 7.73. The summed E-state index contributed by atoms with van der Waals surface area (Å²) in [5, 5.41) is 0. The number of methoxy groups -OCH3 is 1. The Morgan fingerprint density at radius 1 is 1.20 bits per heavy atom. The van der Waals surface area contributed by atoms with Gasteiger partial charge in [-0.2, -0.15) is 0 Å². The maximum absolute atomic E-state index is 13.8. The largest absolute Gasteiger partial charge is 0.469 e. The lowest BCUT2D eigenvalue weighted by Gasteiger charge is -2.18. The zero-order chi connectivity index (χ0) is 18.6. The molecule has 1 unspecified atom stereocenters. The second kappa shape index (κ2) is 8.03. The van der Waals surface area contributed by atoms with Gasteiger partial charge in [0.2, 0.25) is 10.0 Å². The molecule has 5 nitrogen and oxygen atoms in total. The van der Waals surface area contributed by atoms with Crippen molar-refractivity contribution < 1.29 is 26.7 Å². The maximum Gasteiger partial charge on any atom is 0.307 e. The summed E-state index contributed by atoms with van der Waals surface area (Å²) in [5.74, 6) is -2.76. The minimum absolute atomic E-state index is 0.291. The van der Waals surface area contributed by atoms with Crippen molar-refractivity contribution in [3.8, 4) is 0 Å². The van der Waals surface area contributed by atoms with Gasteiger partial charge in [-0.05, 0) is 29.8 Å². The van der Waals surface area contributed by atoms with Crippen molar-refractivity contribution in [2.45, 2.75) is 17.4 Å². The number of hydrogen-bond acceptors (Lipinski definition) is 4. The van der Waals surface area contributed by atoms with Crippen molar-refractivity contribution in [2.75, 3.05) is 7.11 Å². The fraction of sp³-hybridized carbons (Fsp3) is 0.188. The smallest absolute Gasteiger partial charge is 0.307 e. The molecule has 0 saturated heterocycles. The number of esters is 1. The lowest BCUT2D eigenvalue weighted by Crippen LogP contribution is -2.31. The third-order valence-electron chi connectivity index (χ3n) is 3.35. The SMILES string of the molecule is COC(=O)CC(NS(=O)(=O)c1ccc(F)cc1F)c1ccc(Br)cc1. The highest BCUT2D eigenvalue weighted by atomic mass is 79.9. The maximum atomic E-state index is 13.8. The van der Waals surface area contributed by atoms with E-state index in [1.807, 2.05) is 0 Å². The fourth-order valence-electron chi connectivity index (χ4n) is 2.12. The molecule has 2 rings (SSSR count). The number of rotatable bonds is 6. The Balaban J connectivity index is 2.37. The van der Waals surface area contributed by atoms with Crippen LogP contribution < -0.4 is 4.72 Å². The Morgan fingerprint density at radius 2 is 1.84 bits per heavy atom. The molecule has 9 heteroatoms. The van der Waals surface area contributed by atoms with Gasteiger partial charge >= 0.3 is 5.97 Å². The topological polar surface area (TPSA) is 72.5 Å². The molecular formula is C16H14BrF2NO4S. The number of ether oxygens (including phenoxy) is 1. The Kier molecular flexibility index (Phi) is 6.26. The highest BCUT2D eigenvalue weighted by Crippen LogP contribution is 2.24. The molecule has 0 aliphatic carbocycles. The summed E-state index contributed by atoms with van der Waals surface area (Å²) in [6.07, 6.45) is -0.291. The van der Waals surface area contributed by atoms with E-state index < -0.39 is 38.6 Å². The molecule has 0 spiro atoms. The summed E-state index contributed by atoms with van der Waals surface area (Å²) in [6.45, 7) is 0. The van der Waals surface area contributed by atoms with Crippen LogP contribution in [-0.4, -0.2) is 21.5 Å². The number of carbonyl (C=O) groups excluding carboxylic acids is 1. The Bertz CT molecular complexity index is 872. The number of benzene rings is 2. The van der Waals surface area contributed by atoms with Gasteiger partial charge in [0.1, 0.15) is 16.5 Å². The van der Waals surface area contributed by atoms with E-state index in [4.69, 9.17) is 0 Å². The minimum Gasteiger partial charge on any atom is -0.469 e. The van der Waals surface area contributed by atoms with Gasteiger partial charge < -0.3 is 4.74 Å². The second-order valence-electron chi connectivity index (χ2n) is 5.08. The van der Waals surface area contributed by atoms with E-state index in [9.17, 15) is 22.0 Å². The third kappa shape index (κ3) is 5.07. The van der Waals surface area contributed by atoms with Gasteiger partial charge in [-0.15, -0.1) is 0 Å². The van der Waals surface area contributed by atoms with Crippen LogP contribution in [0.3, 0.4) is 0 Å². The van der Waals surface area contributed by atoms with Crippen LogP contribution in [0.5, 0.6) is 0 Å². The summed E-state index contributed by atoms with van der Waals surface area (Å²) < 4.78 is 59.3. The fourth-order valence-corrected chi connectivity index (χ4v) is 3.66. The van der Waals surface area contributed by atoms with Gasteiger partial charge in [0.25, 0.3) is 0 Å². The predicted molar refractivity (Wildman–Crippen MR) is 90.2 cm³/mol. The molecule has 0 amide bonds. The molecule has 0 bridgehead atoms. The van der Waals surface area contributed by atoms with Crippen LogP contribution in [0.2, 0.25) is 0 Å². The first-order valence-electron chi connectivity index (χ1n) is 7.02. The average molecular weight is 434 g/mol. The molecule has 0 aromatic heterocycles. The van der Waals surface area contributed by atoms with E-state index in [1.165, 1.54) is 7.11 Å². The highest BCUT2D eigenvalue weighted by molar-refractivity contribution is 9.10. The van der Waals surface area contributed by atoms with Crippen molar-refractivity contribution in [1.29, 1.82) is 0 Å². The van der Waals surface area contributed by atoms with Crippen molar-refractivity contribution >= 4 is 31.9 Å². The van der Waals surface area contributed by atoms with Crippen LogP contribution in [0.25, 0.3) is 0 Å². The zero-order valence-corrected chi connectivity index (χ0v) is 15.4. The molecule has 1 N–H and O–H groups in total. The Labute approximate surface area is 152 Å². The van der Waals surface area contributed by atoms with Crippen molar-refractivity contribution in [3.05, 3.63) is 64.1 Å². The molecule has 25 heavy (non-hydrogen) atoms. The van der Waals surface area contributed by atoms with Gasteiger partial charge in [0, 0.05) is 10.5 Å². The summed E-state index contributed by atoms with van der Waals surface area (Å²) in [5.41, 5.74) is 0.486. The zero-order valence-electron chi connectivity index (χ0n) is 13.0. The molecule has 0 aliphatic rings. The van der Waals surface area contributed by atoms with Gasteiger partial charge in [-0.1, -0.05) is 28.1 Å². The molecule has 0 fully saturated rings. The summed E-state index contributed by atoms with van der Waals surface area (Å²) >= 11 is 3.26. The van der Waals surface area contributed by atoms with E-state index in [-0.39, 0.29) is 6.42 Å². The number of sulfonamides is 1. The molecular weight excluding hydrogens is 420 g/mol. The number of halogens is 3. The van der Waals surface area contributed by atoms with Crippen LogP contribution in [-0.2, 0) is 19.6 Å². The minimum atomic E-state index is -4.33. The van der Waals surface area contributed by atoms with E-state index in [1.54, 1.807) is 24.3 Å². The number of nitrogens with one attached hydrogen (secondary N) is 1. The first-order chi connectivity index (χ1) is 11.7. The summed E-state index contributed by atoms with van der Waals surface area (Å²) in [4.78, 5) is 10.9. The Hall–Kier alpha value is -1.84. The van der Waals surface area contributed by atoms with Crippen LogP contribution in [0.15, 0.2) is 51.8 Å². The van der Waals surface area contributed by atoms with Gasteiger partial charge in [0.15, 0.2) is 0 Å². The van der Waals surface area contributed by atoms with Crippen molar-refractivity contribution in [2.24, 2.45) is 0 Å². The molecule has 2 aromatic carbocycles. The molecule has 1 atom stereocenters. The predicted octanol–water partition coefficient (Wildman–Crippen LogP) is 3.31.